The Morgan fingerprint density at radius 2 is 2.29 bits per heavy atom. The van der Waals surface area contributed by atoms with Crippen molar-refractivity contribution in [1.82, 2.24) is 9.88 Å². The number of rotatable bonds is 4. The fraction of sp³-hybridized carbons (Fsp3) is 0.300. The first-order valence-electron chi connectivity index (χ1n) is 4.63. The first kappa shape index (κ1) is 13.0. The summed E-state index contributed by atoms with van der Waals surface area (Å²) < 4.78 is 0. The van der Waals surface area contributed by atoms with Gasteiger partial charge in [0.1, 0.15) is 11.4 Å². The van der Waals surface area contributed by atoms with Gasteiger partial charge in [0.15, 0.2) is 5.13 Å². The van der Waals surface area contributed by atoms with Crippen LogP contribution in [0.2, 0.25) is 0 Å². The van der Waals surface area contributed by atoms with Gasteiger partial charge in [-0.1, -0.05) is 17.3 Å². The maximum absolute atomic E-state index is 12.0. The molecular weight excluding hydrogens is 242 g/mol. The van der Waals surface area contributed by atoms with E-state index in [4.69, 9.17) is 17.3 Å². The Kier molecular flexibility index (Phi) is 4.06. The van der Waals surface area contributed by atoms with E-state index in [9.17, 15) is 9.59 Å². The largest absolute Gasteiger partial charge is 0.480 e. The SMILES string of the molecule is C#CCN(CC(=O)O)C(=O)c1sc(N)nc1C. The van der Waals surface area contributed by atoms with E-state index < -0.39 is 18.4 Å². The number of thiazole rings is 1. The molecule has 0 saturated heterocycles. The monoisotopic (exact) mass is 253 g/mol. The Hall–Kier alpha value is -2.07. The van der Waals surface area contributed by atoms with Crippen LogP contribution in [0.25, 0.3) is 0 Å². The summed E-state index contributed by atoms with van der Waals surface area (Å²) in [6.07, 6.45) is 5.09. The third-order valence-electron chi connectivity index (χ3n) is 1.90. The van der Waals surface area contributed by atoms with Crippen molar-refractivity contribution in [3.05, 3.63) is 10.6 Å². The summed E-state index contributed by atoms with van der Waals surface area (Å²) in [5.41, 5.74) is 5.95. The lowest BCUT2D eigenvalue weighted by Gasteiger charge is -2.16. The molecule has 0 radical (unpaired) electrons. The maximum Gasteiger partial charge on any atom is 0.323 e. The Morgan fingerprint density at radius 1 is 1.65 bits per heavy atom. The molecule has 0 saturated carbocycles. The van der Waals surface area contributed by atoms with Crippen molar-refractivity contribution in [2.45, 2.75) is 6.92 Å². The van der Waals surface area contributed by atoms with Crippen molar-refractivity contribution < 1.29 is 14.7 Å². The summed E-state index contributed by atoms with van der Waals surface area (Å²) in [5, 5.41) is 8.95. The highest BCUT2D eigenvalue weighted by Crippen LogP contribution is 2.21. The molecule has 0 unspecified atom stereocenters. The second-order valence-corrected chi connectivity index (χ2v) is 4.26. The zero-order valence-electron chi connectivity index (χ0n) is 9.14. The van der Waals surface area contributed by atoms with Crippen LogP contribution in [0.3, 0.4) is 0 Å². The summed E-state index contributed by atoms with van der Waals surface area (Å²) in [7, 11) is 0. The minimum atomic E-state index is -1.12. The van der Waals surface area contributed by atoms with Gasteiger partial charge in [0.25, 0.3) is 5.91 Å². The molecule has 1 aromatic heterocycles. The zero-order valence-corrected chi connectivity index (χ0v) is 9.95. The standard InChI is InChI=1S/C10H11N3O3S/c1-3-4-13(5-7(14)15)9(16)8-6(2)12-10(11)17-8/h1H,4-5H2,2H3,(H2,11,12)(H,14,15). The number of nitrogen functional groups attached to an aromatic ring is 1. The van der Waals surface area contributed by atoms with Crippen LogP contribution >= 0.6 is 11.3 Å². The van der Waals surface area contributed by atoms with Gasteiger partial charge < -0.3 is 15.7 Å². The Morgan fingerprint density at radius 3 is 2.71 bits per heavy atom. The van der Waals surface area contributed by atoms with Crippen molar-refractivity contribution in [2.75, 3.05) is 18.8 Å². The lowest BCUT2D eigenvalue weighted by Crippen LogP contribution is -2.35. The first-order chi connectivity index (χ1) is 7.95. The van der Waals surface area contributed by atoms with E-state index in [2.05, 4.69) is 10.9 Å². The topological polar surface area (TPSA) is 96.5 Å². The van der Waals surface area contributed by atoms with Gasteiger partial charge in [-0.25, -0.2) is 4.98 Å². The van der Waals surface area contributed by atoms with E-state index in [1.807, 2.05) is 0 Å². The minimum absolute atomic E-state index is 0.0671. The number of carbonyl (C=O) groups excluding carboxylic acids is 1. The van der Waals surface area contributed by atoms with E-state index in [1.54, 1.807) is 6.92 Å². The van der Waals surface area contributed by atoms with Crippen LogP contribution in [0.1, 0.15) is 15.4 Å². The molecule has 17 heavy (non-hydrogen) atoms. The highest BCUT2D eigenvalue weighted by atomic mass is 32.1. The minimum Gasteiger partial charge on any atom is -0.480 e. The van der Waals surface area contributed by atoms with Crippen LogP contribution in [-0.4, -0.2) is 40.0 Å². The van der Waals surface area contributed by atoms with Crippen LogP contribution in [0.4, 0.5) is 5.13 Å². The number of hydrogen-bond donors (Lipinski definition) is 2. The fourth-order valence-corrected chi connectivity index (χ4v) is 2.03. The van der Waals surface area contributed by atoms with Crippen molar-refractivity contribution in [3.63, 3.8) is 0 Å². The molecule has 7 heteroatoms. The zero-order chi connectivity index (χ0) is 13.0. The van der Waals surface area contributed by atoms with Crippen LogP contribution in [-0.2, 0) is 4.79 Å². The number of nitrogens with zero attached hydrogens (tertiary/aromatic N) is 2. The quantitative estimate of drug-likeness (QED) is 0.747. The molecule has 0 bridgehead atoms. The molecule has 0 atom stereocenters. The van der Waals surface area contributed by atoms with Gasteiger partial charge in [-0.15, -0.1) is 6.42 Å². The van der Waals surface area contributed by atoms with Crippen LogP contribution in [0.15, 0.2) is 0 Å². The highest BCUT2D eigenvalue weighted by Gasteiger charge is 2.22. The van der Waals surface area contributed by atoms with Crippen molar-refractivity contribution in [2.24, 2.45) is 0 Å². The van der Waals surface area contributed by atoms with Gasteiger partial charge in [0.05, 0.1) is 12.2 Å². The van der Waals surface area contributed by atoms with Crippen molar-refractivity contribution in [3.8, 4) is 12.3 Å². The van der Waals surface area contributed by atoms with E-state index in [0.717, 1.165) is 16.2 Å². The summed E-state index contributed by atoms with van der Waals surface area (Å²) in [6, 6.07) is 0. The number of terminal acetylenes is 1. The lowest BCUT2D eigenvalue weighted by atomic mass is 10.3. The number of aryl methyl sites for hydroxylation is 1. The highest BCUT2D eigenvalue weighted by molar-refractivity contribution is 7.17. The van der Waals surface area contributed by atoms with Crippen LogP contribution < -0.4 is 5.73 Å². The van der Waals surface area contributed by atoms with Crippen LogP contribution in [0, 0.1) is 19.3 Å². The summed E-state index contributed by atoms with van der Waals surface area (Å²) in [6.45, 7) is 1.12. The average molecular weight is 253 g/mol. The molecule has 1 amide bonds. The van der Waals surface area contributed by atoms with Gasteiger partial charge in [-0.05, 0) is 6.92 Å². The van der Waals surface area contributed by atoms with Gasteiger partial charge >= 0.3 is 5.97 Å². The van der Waals surface area contributed by atoms with Crippen molar-refractivity contribution in [1.29, 1.82) is 0 Å². The summed E-state index contributed by atoms with van der Waals surface area (Å²) in [5.74, 6) is 0.662. The summed E-state index contributed by atoms with van der Waals surface area (Å²) in [4.78, 5) is 27.9. The Bertz CT molecular complexity index is 489. The van der Waals surface area contributed by atoms with Gasteiger partial charge in [0.2, 0.25) is 0 Å². The number of carboxylic acid groups (broad SMARTS) is 1. The molecule has 0 aliphatic carbocycles. The fourth-order valence-electron chi connectivity index (χ4n) is 1.23. The van der Waals surface area contributed by atoms with E-state index in [-0.39, 0.29) is 11.7 Å². The van der Waals surface area contributed by atoms with E-state index in [0.29, 0.717) is 10.6 Å². The second-order valence-electron chi connectivity index (χ2n) is 3.23. The molecule has 0 aliphatic heterocycles. The number of carboxylic acids is 1. The number of carbonyl (C=O) groups is 2. The number of aromatic nitrogens is 1. The molecule has 0 fully saturated rings. The predicted molar refractivity (Wildman–Crippen MR) is 63.6 cm³/mol. The number of anilines is 1. The molecule has 0 aromatic carbocycles. The predicted octanol–water partition coefficient (Wildman–Crippen LogP) is 0.194. The Labute approximate surface area is 102 Å². The molecule has 1 rings (SSSR count). The van der Waals surface area contributed by atoms with Gasteiger partial charge in [-0.2, -0.15) is 0 Å². The molecule has 1 aromatic rings. The molecular formula is C10H11N3O3S. The van der Waals surface area contributed by atoms with E-state index >= 15 is 0 Å². The maximum atomic E-state index is 12.0. The van der Waals surface area contributed by atoms with Crippen molar-refractivity contribution >= 4 is 28.3 Å². The lowest BCUT2D eigenvalue weighted by molar-refractivity contribution is -0.137. The van der Waals surface area contributed by atoms with E-state index in [1.165, 1.54) is 0 Å². The average Bonchev–Trinajstić information content (AvgIpc) is 2.55. The van der Waals surface area contributed by atoms with Crippen LogP contribution in [0.5, 0.6) is 0 Å². The molecule has 0 spiro atoms. The molecule has 1 heterocycles. The molecule has 3 N–H and O–H groups in total. The smallest absolute Gasteiger partial charge is 0.323 e. The van der Waals surface area contributed by atoms with Gasteiger partial charge in [-0.3, -0.25) is 9.59 Å². The number of aliphatic carboxylic acids is 1. The molecule has 6 nitrogen and oxygen atoms in total. The number of hydrogen-bond acceptors (Lipinski definition) is 5. The normalized spacial score (nSPS) is 9.65. The third kappa shape index (κ3) is 3.19. The first-order valence-corrected chi connectivity index (χ1v) is 5.44. The molecule has 90 valence electrons. The third-order valence-corrected chi connectivity index (χ3v) is 2.88. The summed E-state index contributed by atoms with van der Waals surface area (Å²) >= 11 is 1.02. The van der Waals surface area contributed by atoms with Gasteiger partial charge in [0, 0.05) is 0 Å². The molecule has 0 aliphatic rings. The second kappa shape index (κ2) is 5.32. The number of nitrogens with two attached hydrogens (primary N) is 1. The number of amides is 1. The Balaban J connectivity index is 2.95.